The first-order chi connectivity index (χ1) is 13.5. The Balaban J connectivity index is 1.84. The van der Waals surface area contributed by atoms with Crippen molar-refractivity contribution in [2.45, 2.75) is 13.3 Å². The summed E-state index contributed by atoms with van der Waals surface area (Å²) in [5.41, 5.74) is 1.58. The molecule has 146 valence electrons. The van der Waals surface area contributed by atoms with Gasteiger partial charge in [0.05, 0.1) is 27.9 Å². The molecule has 28 heavy (non-hydrogen) atoms. The second-order valence-corrected chi connectivity index (χ2v) is 8.47. The minimum atomic E-state index is -0.182. The number of aliphatic imine (C=N–C) groups is 1. The van der Waals surface area contributed by atoms with Crippen LogP contribution in [0.2, 0.25) is 5.02 Å². The predicted octanol–water partition coefficient (Wildman–Crippen LogP) is 5.63. The number of methoxy groups -OCH3 is 1. The zero-order chi connectivity index (χ0) is 20.1. The van der Waals surface area contributed by atoms with Crippen molar-refractivity contribution < 1.29 is 14.3 Å². The third-order valence-electron chi connectivity index (χ3n) is 3.71. The molecule has 0 radical (unpaired) electrons. The minimum absolute atomic E-state index is 0.182. The fourth-order valence-corrected chi connectivity index (χ4v) is 4.18. The SMILES string of the molecule is CCCOc1c(I)cc(/C=C2\SC(=Nc3ccc(Cl)cc3)NC2=O)cc1OC. The van der Waals surface area contributed by atoms with E-state index in [2.05, 4.69) is 39.8 Å². The lowest BCUT2D eigenvalue weighted by molar-refractivity contribution is -0.115. The Morgan fingerprint density at radius 2 is 2.04 bits per heavy atom. The van der Waals surface area contributed by atoms with Crippen molar-refractivity contribution in [3.8, 4) is 11.5 Å². The van der Waals surface area contributed by atoms with E-state index < -0.39 is 0 Å². The zero-order valence-corrected chi connectivity index (χ0v) is 19.0. The number of hydrogen-bond donors (Lipinski definition) is 1. The topological polar surface area (TPSA) is 59.9 Å². The van der Waals surface area contributed by atoms with E-state index in [4.69, 9.17) is 21.1 Å². The largest absolute Gasteiger partial charge is 0.493 e. The number of amidine groups is 1. The summed E-state index contributed by atoms with van der Waals surface area (Å²) in [4.78, 5) is 17.3. The van der Waals surface area contributed by atoms with Crippen LogP contribution >= 0.6 is 46.0 Å². The third-order valence-corrected chi connectivity index (χ3v) is 5.67. The molecule has 0 aromatic heterocycles. The van der Waals surface area contributed by atoms with Gasteiger partial charge in [0.15, 0.2) is 16.7 Å². The molecule has 1 fully saturated rings. The molecule has 0 aliphatic carbocycles. The summed E-state index contributed by atoms with van der Waals surface area (Å²) in [5, 5.41) is 3.96. The van der Waals surface area contributed by atoms with E-state index in [-0.39, 0.29) is 5.91 Å². The van der Waals surface area contributed by atoms with Gasteiger partial charge in [-0.25, -0.2) is 4.99 Å². The molecule has 0 bridgehead atoms. The van der Waals surface area contributed by atoms with E-state index in [0.29, 0.717) is 27.5 Å². The molecule has 1 amide bonds. The smallest absolute Gasteiger partial charge is 0.264 e. The van der Waals surface area contributed by atoms with Crippen molar-refractivity contribution in [2.75, 3.05) is 13.7 Å². The summed E-state index contributed by atoms with van der Waals surface area (Å²) in [5.74, 6) is 1.18. The number of thioether (sulfide) groups is 1. The molecule has 1 aliphatic heterocycles. The van der Waals surface area contributed by atoms with Crippen LogP contribution in [0.25, 0.3) is 6.08 Å². The van der Waals surface area contributed by atoms with E-state index in [1.54, 1.807) is 31.4 Å². The Kier molecular flexibility index (Phi) is 7.25. The lowest BCUT2D eigenvalue weighted by atomic mass is 10.2. The van der Waals surface area contributed by atoms with Crippen molar-refractivity contribution in [3.63, 3.8) is 0 Å². The molecule has 0 spiro atoms. The van der Waals surface area contributed by atoms with E-state index in [9.17, 15) is 4.79 Å². The number of benzene rings is 2. The summed E-state index contributed by atoms with van der Waals surface area (Å²) in [6, 6.07) is 10.9. The van der Waals surface area contributed by atoms with Crippen LogP contribution in [-0.2, 0) is 4.79 Å². The van der Waals surface area contributed by atoms with Crippen molar-refractivity contribution in [1.82, 2.24) is 5.32 Å². The van der Waals surface area contributed by atoms with Gasteiger partial charge in [-0.2, -0.15) is 0 Å². The summed E-state index contributed by atoms with van der Waals surface area (Å²) < 4.78 is 12.2. The van der Waals surface area contributed by atoms with E-state index in [1.165, 1.54) is 11.8 Å². The number of ether oxygens (including phenoxy) is 2. The first-order valence-electron chi connectivity index (χ1n) is 8.55. The third kappa shape index (κ3) is 5.21. The molecule has 3 rings (SSSR count). The highest BCUT2D eigenvalue weighted by Crippen LogP contribution is 2.36. The second-order valence-electron chi connectivity index (χ2n) is 5.84. The first-order valence-corrected chi connectivity index (χ1v) is 10.8. The van der Waals surface area contributed by atoms with Crippen LogP contribution < -0.4 is 14.8 Å². The number of amides is 1. The molecule has 0 atom stereocenters. The Bertz CT molecular complexity index is 945. The summed E-state index contributed by atoms with van der Waals surface area (Å²) >= 11 is 9.39. The lowest BCUT2D eigenvalue weighted by Crippen LogP contribution is -2.19. The molecule has 8 heteroatoms. The van der Waals surface area contributed by atoms with Crippen LogP contribution in [0.15, 0.2) is 46.3 Å². The number of rotatable bonds is 6. The fourth-order valence-electron chi connectivity index (χ4n) is 2.43. The van der Waals surface area contributed by atoms with Gasteiger partial charge in [-0.1, -0.05) is 18.5 Å². The molecule has 1 aliphatic rings. The lowest BCUT2D eigenvalue weighted by Gasteiger charge is -2.13. The first kappa shape index (κ1) is 21.0. The molecule has 1 heterocycles. The van der Waals surface area contributed by atoms with Gasteiger partial charge < -0.3 is 14.8 Å². The number of halogens is 2. The Morgan fingerprint density at radius 1 is 1.29 bits per heavy atom. The highest BCUT2D eigenvalue weighted by atomic mass is 127. The van der Waals surface area contributed by atoms with Crippen LogP contribution in [-0.4, -0.2) is 24.8 Å². The fraction of sp³-hybridized carbons (Fsp3) is 0.200. The monoisotopic (exact) mass is 528 g/mol. The van der Waals surface area contributed by atoms with Crippen LogP contribution in [0, 0.1) is 3.57 Å². The summed E-state index contributed by atoms with van der Waals surface area (Å²) in [7, 11) is 1.61. The zero-order valence-electron chi connectivity index (χ0n) is 15.3. The van der Waals surface area contributed by atoms with Crippen molar-refractivity contribution >= 4 is 68.8 Å². The number of nitrogens with zero attached hydrogens (tertiary/aromatic N) is 1. The Morgan fingerprint density at radius 3 is 2.71 bits per heavy atom. The predicted molar refractivity (Wildman–Crippen MR) is 124 cm³/mol. The van der Waals surface area contributed by atoms with Crippen molar-refractivity contribution in [3.05, 3.63) is 55.5 Å². The Labute approximate surface area is 186 Å². The van der Waals surface area contributed by atoms with Crippen molar-refractivity contribution in [1.29, 1.82) is 0 Å². The standard InChI is InChI=1S/C20H18ClIN2O3S/c1-3-8-27-18-15(22)9-12(10-16(18)26-2)11-17-19(25)24-20(28-17)23-14-6-4-13(21)5-7-14/h4-7,9-11H,3,8H2,1-2H3,(H,23,24,25)/b17-11-. The number of carbonyl (C=O) groups is 1. The quantitative estimate of drug-likeness (QED) is 0.390. The van der Waals surface area contributed by atoms with E-state index >= 15 is 0 Å². The normalized spacial score (nSPS) is 16.5. The number of carbonyl (C=O) groups excluding carboxylic acids is 1. The molecular weight excluding hydrogens is 511 g/mol. The number of hydrogen-bond acceptors (Lipinski definition) is 5. The van der Waals surface area contributed by atoms with Gasteiger partial charge in [-0.15, -0.1) is 0 Å². The van der Waals surface area contributed by atoms with Gasteiger partial charge in [0.2, 0.25) is 0 Å². The Hall–Kier alpha value is -1.71. The van der Waals surface area contributed by atoms with Gasteiger partial charge in [0, 0.05) is 5.02 Å². The maximum atomic E-state index is 12.3. The van der Waals surface area contributed by atoms with Gasteiger partial charge in [0.25, 0.3) is 5.91 Å². The van der Waals surface area contributed by atoms with Crippen LogP contribution in [0.4, 0.5) is 5.69 Å². The molecule has 1 saturated heterocycles. The minimum Gasteiger partial charge on any atom is -0.493 e. The maximum absolute atomic E-state index is 12.3. The van der Waals surface area contributed by atoms with Gasteiger partial charge >= 0.3 is 0 Å². The van der Waals surface area contributed by atoms with Crippen molar-refractivity contribution in [2.24, 2.45) is 4.99 Å². The summed E-state index contributed by atoms with van der Waals surface area (Å²) in [6.07, 6.45) is 2.73. The highest BCUT2D eigenvalue weighted by Gasteiger charge is 2.24. The summed E-state index contributed by atoms with van der Waals surface area (Å²) in [6.45, 7) is 2.67. The average molecular weight is 529 g/mol. The van der Waals surface area contributed by atoms with E-state index in [1.807, 2.05) is 18.2 Å². The molecule has 0 unspecified atom stereocenters. The van der Waals surface area contributed by atoms with Gasteiger partial charge in [-0.3, -0.25) is 4.79 Å². The van der Waals surface area contributed by atoms with Crippen LogP contribution in [0.5, 0.6) is 11.5 Å². The van der Waals surface area contributed by atoms with E-state index in [0.717, 1.165) is 27.0 Å². The number of nitrogens with one attached hydrogen (secondary N) is 1. The molecule has 1 N–H and O–H groups in total. The molecule has 0 saturated carbocycles. The second kappa shape index (κ2) is 9.67. The molecular formula is C20H18ClIN2O3S. The molecule has 2 aromatic carbocycles. The highest BCUT2D eigenvalue weighted by molar-refractivity contribution is 14.1. The molecule has 2 aromatic rings. The molecule has 5 nitrogen and oxygen atoms in total. The van der Waals surface area contributed by atoms with Crippen LogP contribution in [0.3, 0.4) is 0 Å². The van der Waals surface area contributed by atoms with Gasteiger partial charge in [-0.05, 0) is 88.8 Å². The van der Waals surface area contributed by atoms with Gasteiger partial charge in [0.1, 0.15) is 0 Å². The maximum Gasteiger partial charge on any atom is 0.264 e. The average Bonchev–Trinajstić information content (AvgIpc) is 3.01. The van der Waals surface area contributed by atoms with Crippen LogP contribution in [0.1, 0.15) is 18.9 Å².